The Hall–Kier alpha value is -4.19. The van der Waals surface area contributed by atoms with Gasteiger partial charge in [-0.2, -0.15) is 5.26 Å². The summed E-state index contributed by atoms with van der Waals surface area (Å²) in [5.41, 5.74) is 5.40. The lowest BCUT2D eigenvalue weighted by atomic mass is 10.3. The number of halogens is 1. The molecule has 9 heteroatoms. The van der Waals surface area contributed by atoms with Crippen LogP contribution in [0.5, 0.6) is 17.4 Å². The Morgan fingerprint density at radius 1 is 1.15 bits per heavy atom. The van der Waals surface area contributed by atoms with Gasteiger partial charge >= 0.3 is 6.09 Å². The summed E-state index contributed by atoms with van der Waals surface area (Å²) in [7, 11) is 0. The second-order valence-corrected chi connectivity index (χ2v) is 5.12. The van der Waals surface area contributed by atoms with Gasteiger partial charge in [-0.15, -0.1) is 0 Å². The normalized spacial score (nSPS) is 9.93. The number of anilines is 2. The number of nitrogens with one attached hydrogen (secondary N) is 1. The SMILES string of the molecule is N#Cc1c(N)ncnc1Oc1ccc(NC(=O)Oc2ccccc2)c(F)c1. The molecule has 1 aromatic heterocycles. The van der Waals surface area contributed by atoms with Gasteiger partial charge in [0.2, 0.25) is 5.88 Å². The van der Waals surface area contributed by atoms with Crippen LogP contribution in [0.15, 0.2) is 54.9 Å². The molecule has 1 heterocycles. The molecule has 3 rings (SSSR count). The van der Waals surface area contributed by atoms with Crippen molar-refractivity contribution in [2.24, 2.45) is 0 Å². The Bertz CT molecular complexity index is 1020. The molecule has 0 atom stereocenters. The highest BCUT2D eigenvalue weighted by atomic mass is 19.1. The first-order chi connectivity index (χ1) is 13.1. The van der Waals surface area contributed by atoms with E-state index in [0.29, 0.717) is 5.75 Å². The first-order valence-electron chi connectivity index (χ1n) is 7.58. The highest BCUT2D eigenvalue weighted by molar-refractivity contribution is 5.86. The molecular weight excluding hydrogens is 353 g/mol. The van der Waals surface area contributed by atoms with Gasteiger partial charge in [0.15, 0.2) is 11.4 Å². The predicted octanol–water partition coefficient (Wildman–Crippen LogP) is 3.47. The number of benzene rings is 2. The van der Waals surface area contributed by atoms with Gasteiger partial charge in [0.25, 0.3) is 0 Å². The van der Waals surface area contributed by atoms with Crippen LogP contribution >= 0.6 is 0 Å². The van der Waals surface area contributed by atoms with E-state index in [-0.39, 0.29) is 28.7 Å². The fraction of sp³-hybridized carbons (Fsp3) is 0. The van der Waals surface area contributed by atoms with Crippen LogP contribution in [0.1, 0.15) is 5.56 Å². The fourth-order valence-corrected chi connectivity index (χ4v) is 2.07. The van der Waals surface area contributed by atoms with E-state index in [1.54, 1.807) is 30.3 Å². The zero-order chi connectivity index (χ0) is 19.2. The molecule has 0 saturated heterocycles. The summed E-state index contributed by atoms with van der Waals surface area (Å²) in [5, 5.41) is 11.4. The van der Waals surface area contributed by atoms with E-state index in [1.165, 1.54) is 12.1 Å². The first-order valence-corrected chi connectivity index (χ1v) is 7.58. The third-order valence-corrected chi connectivity index (χ3v) is 3.30. The van der Waals surface area contributed by atoms with Crippen LogP contribution in [0.2, 0.25) is 0 Å². The standard InChI is InChI=1S/C18H12FN5O3/c19-14-8-12(26-17-13(9-20)16(21)22-10-23-17)6-7-15(14)24-18(25)27-11-4-2-1-3-5-11/h1-8,10H,(H,24,25)(H2,21,22,23). The van der Waals surface area contributed by atoms with Crippen LogP contribution in [0.4, 0.5) is 20.7 Å². The van der Waals surface area contributed by atoms with Crippen LogP contribution in [-0.4, -0.2) is 16.1 Å². The number of hydrogen-bond acceptors (Lipinski definition) is 7. The maximum Gasteiger partial charge on any atom is 0.417 e. The molecule has 27 heavy (non-hydrogen) atoms. The van der Waals surface area contributed by atoms with Gasteiger partial charge in [0.1, 0.15) is 29.7 Å². The van der Waals surface area contributed by atoms with E-state index >= 15 is 0 Å². The minimum Gasteiger partial charge on any atom is -0.437 e. The van der Waals surface area contributed by atoms with Crippen molar-refractivity contribution in [1.29, 1.82) is 5.26 Å². The molecule has 0 radical (unpaired) electrons. The molecule has 8 nitrogen and oxygen atoms in total. The highest BCUT2D eigenvalue weighted by Crippen LogP contribution is 2.27. The molecular formula is C18H12FN5O3. The summed E-state index contributed by atoms with van der Waals surface area (Å²) in [4.78, 5) is 19.3. The predicted molar refractivity (Wildman–Crippen MR) is 93.7 cm³/mol. The topological polar surface area (TPSA) is 123 Å². The van der Waals surface area contributed by atoms with Crippen LogP contribution in [-0.2, 0) is 0 Å². The second-order valence-electron chi connectivity index (χ2n) is 5.12. The molecule has 134 valence electrons. The number of para-hydroxylation sites is 1. The van der Waals surface area contributed by atoms with E-state index in [4.69, 9.17) is 20.5 Å². The largest absolute Gasteiger partial charge is 0.437 e. The van der Waals surface area contributed by atoms with Crippen molar-refractivity contribution in [3.8, 4) is 23.4 Å². The van der Waals surface area contributed by atoms with Gasteiger partial charge in [0, 0.05) is 6.07 Å². The van der Waals surface area contributed by atoms with Crippen molar-refractivity contribution >= 4 is 17.6 Å². The molecule has 0 aliphatic heterocycles. The number of nitrogens with two attached hydrogens (primary N) is 1. The van der Waals surface area contributed by atoms with E-state index in [2.05, 4.69) is 15.3 Å². The van der Waals surface area contributed by atoms with Crippen LogP contribution < -0.4 is 20.5 Å². The summed E-state index contributed by atoms with van der Waals surface area (Å²) in [6.07, 6.45) is 0.279. The van der Waals surface area contributed by atoms with Gasteiger partial charge in [-0.25, -0.2) is 19.2 Å². The summed E-state index contributed by atoms with van der Waals surface area (Å²) in [6, 6.07) is 13.9. The Kier molecular flexibility index (Phi) is 5.09. The average Bonchev–Trinajstić information content (AvgIpc) is 2.65. The molecule has 2 aromatic carbocycles. The monoisotopic (exact) mass is 365 g/mol. The molecule has 1 amide bonds. The van der Waals surface area contributed by atoms with Crippen molar-refractivity contribution in [3.05, 3.63) is 66.2 Å². The lowest BCUT2D eigenvalue weighted by Crippen LogP contribution is -2.17. The molecule has 3 aromatic rings. The summed E-state index contributed by atoms with van der Waals surface area (Å²) in [5.74, 6) is -0.540. The minimum absolute atomic E-state index is 0.0510. The maximum atomic E-state index is 14.2. The van der Waals surface area contributed by atoms with Gasteiger partial charge in [-0.05, 0) is 24.3 Å². The number of carbonyl (C=O) groups is 1. The zero-order valence-electron chi connectivity index (χ0n) is 13.7. The fourth-order valence-electron chi connectivity index (χ4n) is 2.07. The lowest BCUT2D eigenvalue weighted by molar-refractivity contribution is 0.215. The highest BCUT2D eigenvalue weighted by Gasteiger charge is 2.14. The van der Waals surface area contributed by atoms with E-state index in [0.717, 1.165) is 12.4 Å². The van der Waals surface area contributed by atoms with Crippen molar-refractivity contribution in [2.45, 2.75) is 0 Å². The maximum absolute atomic E-state index is 14.2. The van der Waals surface area contributed by atoms with Crippen LogP contribution in [0.25, 0.3) is 0 Å². The number of amides is 1. The number of nitriles is 1. The molecule has 0 saturated carbocycles. The number of nitrogens with zero attached hydrogens (tertiary/aromatic N) is 3. The molecule has 0 bridgehead atoms. The average molecular weight is 365 g/mol. The smallest absolute Gasteiger partial charge is 0.417 e. The second kappa shape index (κ2) is 7.79. The van der Waals surface area contributed by atoms with Crippen molar-refractivity contribution < 1.29 is 18.7 Å². The number of ether oxygens (including phenoxy) is 2. The van der Waals surface area contributed by atoms with E-state index in [1.807, 2.05) is 6.07 Å². The Labute approximate surface area is 153 Å². The van der Waals surface area contributed by atoms with Crippen molar-refractivity contribution in [3.63, 3.8) is 0 Å². The number of nitrogen functional groups attached to an aromatic ring is 1. The van der Waals surface area contributed by atoms with Crippen molar-refractivity contribution in [1.82, 2.24) is 9.97 Å². The van der Waals surface area contributed by atoms with Gasteiger partial charge in [-0.1, -0.05) is 18.2 Å². The summed E-state index contributed by atoms with van der Waals surface area (Å²) >= 11 is 0. The van der Waals surface area contributed by atoms with E-state index < -0.39 is 11.9 Å². The Balaban J connectivity index is 1.72. The first kappa shape index (κ1) is 17.6. The van der Waals surface area contributed by atoms with Gasteiger partial charge in [-0.3, -0.25) is 5.32 Å². The zero-order valence-corrected chi connectivity index (χ0v) is 13.7. The van der Waals surface area contributed by atoms with Crippen LogP contribution in [0, 0.1) is 17.1 Å². The van der Waals surface area contributed by atoms with Crippen molar-refractivity contribution in [2.75, 3.05) is 11.1 Å². The molecule has 0 aliphatic rings. The summed E-state index contributed by atoms with van der Waals surface area (Å²) in [6.45, 7) is 0. The Morgan fingerprint density at radius 2 is 1.93 bits per heavy atom. The molecule has 0 unspecified atom stereocenters. The summed E-state index contributed by atoms with van der Waals surface area (Å²) < 4.78 is 24.6. The van der Waals surface area contributed by atoms with Gasteiger partial charge in [0.05, 0.1) is 5.69 Å². The number of rotatable bonds is 4. The quantitative estimate of drug-likeness (QED) is 0.725. The molecule has 3 N–H and O–H groups in total. The molecule has 0 spiro atoms. The Morgan fingerprint density at radius 3 is 2.63 bits per heavy atom. The minimum atomic E-state index is -0.843. The lowest BCUT2D eigenvalue weighted by Gasteiger charge is -2.10. The third-order valence-electron chi connectivity index (χ3n) is 3.30. The van der Waals surface area contributed by atoms with Crippen LogP contribution in [0.3, 0.4) is 0 Å². The molecule has 0 fully saturated rings. The molecule has 0 aliphatic carbocycles. The third kappa shape index (κ3) is 4.26. The number of aromatic nitrogens is 2. The number of carbonyl (C=O) groups excluding carboxylic acids is 1. The van der Waals surface area contributed by atoms with Gasteiger partial charge < -0.3 is 15.2 Å². The number of hydrogen-bond donors (Lipinski definition) is 2. The van der Waals surface area contributed by atoms with E-state index in [9.17, 15) is 9.18 Å².